The average Bonchev–Trinajstić information content (AvgIpc) is 2.84. The second-order valence-electron chi connectivity index (χ2n) is 3.04. The van der Waals surface area contributed by atoms with Crippen molar-refractivity contribution in [3.63, 3.8) is 0 Å². The van der Waals surface area contributed by atoms with Gasteiger partial charge in [0, 0.05) is 7.11 Å². The van der Waals surface area contributed by atoms with Crippen molar-refractivity contribution in [1.82, 2.24) is 10.1 Å². The van der Waals surface area contributed by atoms with Gasteiger partial charge in [-0.05, 0) is 19.1 Å². The molecular weight excluding hydrogens is 214 g/mol. The monoisotopic (exact) mass is 225 g/mol. The molecule has 2 N–H and O–H groups in total. The van der Waals surface area contributed by atoms with Gasteiger partial charge in [0.05, 0.1) is 9.88 Å². The van der Waals surface area contributed by atoms with E-state index in [0.717, 1.165) is 9.88 Å². The first-order valence-electron chi connectivity index (χ1n) is 4.43. The van der Waals surface area contributed by atoms with Crippen molar-refractivity contribution in [3.8, 4) is 10.8 Å². The molecule has 0 amide bonds. The van der Waals surface area contributed by atoms with Crippen LogP contribution in [-0.2, 0) is 4.74 Å². The molecule has 0 saturated heterocycles. The van der Waals surface area contributed by atoms with Gasteiger partial charge in [-0.25, -0.2) is 0 Å². The highest BCUT2D eigenvalue weighted by molar-refractivity contribution is 7.19. The molecule has 0 fully saturated rings. The van der Waals surface area contributed by atoms with Gasteiger partial charge in [0.2, 0.25) is 5.82 Å². The number of anilines is 1. The van der Waals surface area contributed by atoms with E-state index in [0.29, 0.717) is 11.7 Å². The number of hydrogen-bond acceptors (Lipinski definition) is 6. The van der Waals surface area contributed by atoms with Crippen LogP contribution in [0.2, 0.25) is 0 Å². The molecule has 6 heteroatoms. The lowest BCUT2D eigenvalue weighted by Crippen LogP contribution is -1.97. The van der Waals surface area contributed by atoms with E-state index in [1.54, 1.807) is 7.11 Å². The second kappa shape index (κ2) is 4.00. The molecule has 0 spiro atoms. The lowest BCUT2D eigenvalue weighted by atomic mass is 10.4. The number of methoxy groups -OCH3 is 1. The number of ether oxygens (including phenoxy) is 1. The minimum absolute atomic E-state index is 0.167. The van der Waals surface area contributed by atoms with Gasteiger partial charge >= 0.3 is 0 Å². The molecule has 0 radical (unpaired) electrons. The highest BCUT2D eigenvalue weighted by Gasteiger charge is 2.15. The summed E-state index contributed by atoms with van der Waals surface area (Å²) in [5.41, 5.74) is 5.61. The summed E-state index contributed by atoms with van der Waals surface area (Å²) < 4.78 is 10.2. The van der Waals surface area contributed by atoms with Crippen molar-refractivity contribution in [3.05, 3.63) is 18.0 Å². The fraction of sp³-hybridized carbons (Fsp3) is 0.333. The van der Waals surface area contributed by atoms with Crippen molar-refractivity contribution < 1.29 is 9.26 Å². The third-order valence-electron chi connectivity index (χ3n) is 2.00. The van der Waals surface area contributed by atoms with Gasteiger partial charge in [0.15, 0.2) is 0 Å². The fourth-order valence-electron chi connectivity index (χ4n) is 1.07. The first-order valence-corrected chi connectivity index (χ1v) is 5.24. The smallest absolute Gasteiger partial charge is 0.268 e. The van der Waals surface area contributed by atoms with Crippen LogP contribution in [0, 0.1) is 0 Å². The van der Waals surface area contributed by atoms with E-state index in [1.165, 1.54) is 11.3 Å². The molecule has 0 aromatic carbocycles. The molecule has 0 saturated carbocycles. The maximum atomic E-state index is 5.61. The van der Waals surface area contributed by atoms with E-state index < -0.39 is 0 Å². The van der Waals surface area contributed by atoms with Gasteiger partial charge in [-0.3, -0.25) is 0 Å². The number of thiophene rings is 1. The van der Waals surface area contributed by atoms with Crippen LogP contribution in [0.1, 0.15) is 18.9 Å². The van der Waals surface area contributed by atoms with Crippen LogP contribution < -0.4 is 5.73 Å². The summed E-state index contributed by atoms with van der Waals surface area (Å²) in [6, 6.07) is 3.67. The van der Waals surface area contributed by atoms with Gasteiger partial charge in [-0.2, -0.15) is 4.98 Å². The Hall–Kier alpha value is -1.40. The van der Waals surface area contributed by atoms with Gasteiger partial charge in [-0.15, -0.1) is 11.3 Å². The van der Waals surface area contributed by atoms with E-state index in [4.69, 9.17) is 15.0 Å². The zero-order chi connectivity index (χ0) is 10.8. The van der Waals surface area contributed by atoms with Crippen LogP contribution in [0.15, 0.2) is 16.7 Å². The first-order chi connectivity index (χ1) is 7.20. The third-order valence-corrected chi connectivity index (χ3v) is 2.90. The highest BCUT2D eigenvalue weighted by Crippen LogP contribution is 2.28. The van der Waals surface area contributed by atoms with Gasteiger partial charge in [0.1, 0.15) is 6.10 Å². The van der Waals surface area contributed by atoms with E-state index >= 15 is 0 Å². The van der Waals surface area contributed by atoms with Crippen molar-refractivity contribution >= 4 is 16.3 Å². The van der Waals surface area contributed by atoms with Crippen molar-refractivity contribution in [2.45, 2.75) is 13.0 Å². The van der Waals surface area contributed by atoms with Gasteiger partial charge in [0.25, 0.3) is 5.89 Å². The van der Waals surface area contributed by atoms with Crippen LogP contribution in [0.3, 0.4) is 0 Å². The molecule has 0 aliphatic carbocycles. The Bertz CT molecular complexity index is 452. The van der Waals surface area contributed by atoms with Crippen LogP contribution in [-0.4, -0.2) is 17.3 Å². The maximum Gasteiger partial charge on any atom is 0.268 e. The van der Waals surface area contributed by atoms with Crippen molar-refractivity contribution in [2.75, 3.05) is 12.8 Å². The molecule has 0 bridgehead atoms. The Morgan fingerprint density at radius 3 is 2.93 bits per heavy atom. The van der Waals surface area contributed by atoms with Crippen LogP contribution in [0.5, 0.6) is 0 Å². The minimum atomic E-state index is -0.167. The quantitative estimate of drug-likeness (QED) is 0.865. The molecule has 15 heavy (non-hydrogen) atoms. The Morgan fingerprint density at radius 2 is 2.33 bits per heavy atom. The standard InChI is InChI=1S/C9H11N3O2S/c1-5(13-2)8-11-9(14-12-8)6-3-4-7(10)15-6/h3-5H,10H2,1-2H3. The zero-order valence-corrected chi connectivity index (χ0v) is 9.25. The molecule has 1 atom stereocenters. The molecule has 0 aliphatic rings. The maximum absolute atomic E-state index is 5.61. The zero-order valence-electron chi connectivity index (χ0n) is 8.43. The minimum Gasteiger partial charge on any atom is -0.391 e. The molecule has 2 aromatic heterocycles. The summed E-state index contributed by atoms with van der Waals surface area (Å²) >= 11 is 1.41. The summed E-state index contributed by atoms with van der Waals surface area (Å²) in [5, 5.41) is 4.55. The largest absolute Gasteiger partial charge is 0.391 e. The number of nitrogens with two attached hydrogens (primary N) is 1. The Balaban J connectivity index is 2.27. The molecule has 2 rings (SSSR count). The van der Waals surface area contributed by atoms with Crippen LogP contribution >= 0.6 is 11.3 Å². The van der Waals surface area contributed by atoms with Crippen LogP contribution in [0.4, 0.5) is 5.00 Å². The Kier molecular flexibility index (Phi) is 2.70. The number of nitrogen functional groups attached to an aromatic ring is 1. The number of hydrogen-bond donors (Lipinski definition) is 1. The van der Waals surface area contributed by atoms with Crippen LogP contribution in [0.25, 0.3) is 10.8 Å². The summed E-state index contributed by atoms with van der Waals surface area (Å²) in [5.74, 6) is 1.02. The molecule has 0 aliphatic heterocycles. The lowest BCUT2D eigenvalue weighted by molar-refractivity contribution is 0.109. The fourth-order valence-corrected chi connectivity index (χ4v) is 1.77. The third kappa shape index (κ3) is 2.00. The molecular formula is C9H11N3O2S. The summed E-state index contributed by atoms with van der Waals surface area (Å²) in [6.45, 7) is 1.86. The van der Waals surface area contributed by atoms with Crippen molar-refractivity contribution in [2.24, 2.45) is 0 Å². The molecule has 80 valence electrons. The normalized spacial score (nSPS) is 12.9. The van der Waals surface area contributed by atoms with Gasteiger partial charge in [-0.1, -0.05) is 5.16 Å². The first kappa shape index (κ1) is 10.1. The van der Waals surface area contributed by atoms with E-state index in [2.05, 4.69) is 10.1 Å². The summed E-state index contributed by atoms with van der Waals surface area (Å²) in [7, 11) is 1.60. The van der Waals surface area contributed by atoms with Crippen molar-refractivity contribution in [1.29, 1.82) is 0 Å². The predicted molar refractivity (Wildman–Crippen MR) is 57.4 cm³/mol. The summed E-state index contributed by atoms with van der Waals surface area (Å²) in [6.07, 6.45) is -0.167. The van der Waals surface area contributed by atoms with Gasteiger partial charge < -0.3 is 15.0 Å². The topological polar surface area (TPSA) is 74.2 Å². The molecule has 2 heterocycles. The van der Waals surface area contributed by atoms with E-state index in [-0.39, 0.29) is 6.10 Å². The Labute approximate surface area is 90.9 Å². The number of nitrogens with zero attached hydrogens (tertiary/aromatic N) is 2. The molecule has 5 nitrogen and oxygen atoms in total. The second-order valence-corrected chi connectivity index (χ2v) is 4.15. The number of rotatable bonds is 3. The predicted octanol–water partition coefficient (Wildman–Crippen LogP) is 2.09. The lowest BCUT2D eigenvalue weighted by Gasteiger charge is -2.00. The highest BCUT2D eigenvalue weighted by atomic mass is 32.1. The Morgan fingerprint density at radius 1 is 1.53 bits per heavy atom. The SMILES string of the molecule is COC(C)c1noc(-c2ccc(N)s2)n1. The van der Waals surface area contributed by atoms with E-state index in [9.17, 15) is 0 Å². The summed E-state index contributed by atoms with van der Waals surface area (Å²) in [4.78, 5) is 5.09. The average molecular weight is 225 g/mol. The number of aromatic nitrogens is 2. The molecule has 1 unspecified atom stereocenters. The van der Waals surface area contributed by atoms with E-state index in [1.807, 2.05) is 19.1 Å². The molecule has 2 aromatic rings.